The summed E-state index contributed by atoms with van der Waals surface area (Å²) in [5, 5.41) is 9.40. The molecule has 0 atom stereocenters. The first-order valence-electron chi connectivity index (χ1n) is 11.8. The van der Waals surface area contributed by atoms with E-state index in [4.69, 9.17) is 9.84 Å². The van der Waals surface area contributed by atoms with E-state index in [9.17, 15) is 9.18 Å². The first kappa shape index (κ1) is 23.7. The molecule has 0 aliphatic heterocycles. The van der Waals surface area contributed by atoms with Crippen LogP contribution in [0.5, 0.6) is 5.75 Å². The molecule has 0 radical (unpaired) electrons. The summed E-state index contributed by atoms with van der Waals surface area (Å²) in [6, 6.07) is 8.30. The second-order valence-electron chi connectivity index (χ2n) is 9.06. The number of nitrogens with zero attached hydrogens (tertiary/aromatic N) is 6. The van der Waals surface area contributed by atoms with Crippen LogP contribution in [0.2, 0.25) is 0 Å². The summed E-state index contributed by atoms with van der Waals surface area (Å²) in [5.74, 6) is 1.26. The average Bonchev–Trinajstić information content (AvgIpc) is 3.59. The molecule has 1 aromatic carbocycles. The number of aromatic nitrogens is 6. The summed E-state index contributed by atoms with van der Waals surface area (Å²) < 4.78 is 27.0. The van der Waals surface area contributed by atoms with Gasteiger partial charge in [0.05, 0.1) is 24.2 Å². The molecular formula is C26H27FN6O3. The van der Waals surface area contributed by atoms with E-state index in [0.29, 0.717) is 35.3 Å². The number of carbonyl (C=O) groups excluding carboxylic acids is 1. The Bertz CT molecular complexity index is 1420. The van der Waals surface area contributed by atoms with Crippen molar-refractivity contribution in [2.75, 3.05) is 7.11 Å². The SMILES string of the molecule is COC(=O)Oc1c(C)nn(-c2cc(Cc3c(C)c(-c4ccc(F)cc4)nn3CC3CC3)ncn2)c1C. The predicted octanol–water partition coefficient (Wildman–Crippen LogP) is 4.74. The van der Waals surface area contributed by atoms with Crippen LogP contribution in [0.25, 0.3) is 17.1 Å². The Balaban J connectivity index is 1.48. The maximum absolute atomic E-state index is 13.5. The van der Waals surface area contributed by atoms with E-state index in [0.717, 1.165) is 34.8 Å². The molecule has 1 saturated carbocycles. The van der Waals surface area contributed by atoms with Crippen molar-refractivity contribution >= 4 is 6.16 Å². The molecule has 3 heterocycles. The van der Waals surface area contributed by atoms with Crippen LogP contribution in [-0.2, 0) is 17.7 Å². The summed E-state index contributed by atoms with van der Waals surface area (Å²) in [7, 11) is 1.26. The van der Waals surface area contributed by atoms with Gasteiger partial charge in [0.1, 0.15) is 17.8 Å². The number of carbonyl (C=O) groups is 1. The lowest BCUT2D eigenvalue weighted by atomic mass is 10.0. The molecule has 0 unspecified atom stereocenters. The highest BCUT2D eigenvalue weighted by Crippen LogP contribution is 2.34. The molecule has 4 aromatic rings. The van der Waals surface area contributed by atoms with Crippen molar-refractivity contribution < 1.29 is 18.7 Å². The second-order valence-corrected chi connectivity index (χ2v) is 9.06. The third-order valence-corrected chi connectivity index (χ3v) is 6.42. The molecule has 5 rings (SSSR count). The Hall–Kier alpha value is -4.08. The fourth-order valence-electron chi connectivity index (χ4n) is 4.28. The van der Waals surface area contributed by atoms with Gasteiger partial charge in [-0.05, 0) is 69.4 Å². The van der Waals surface area contributed by atoms with E-state index < -0.39 is 6.16 Å². The molecule has 1 aliphatic carbocycles. The Morgan fingerprint density at radius 1 is 1.11 bits per heavy atom. The number of halogens is 1. The van der Waals surface area contributed by atoms with Crippen LogP contribution < -0.4 is 4.74 Å². The van der Waals surface area contributed by atoms with E-state index >= 15 is 0 Å². The number of hydrogen-bond donors (Lipinski definition) is 0. The molecule has 36 heavy (non-hydrogen) atoms. The lowest BCUT2D eigenvalue weighted by Gasteiger charge is -2.09. The molecule has 10 heteroatoms. The molecule has 186 valence electrons. The summed E-state index contributed by atoms with van der Waals surface area (Å²) >= 11 is 0. The Morgan fingerprint density at radius 2 is 1.86 bits per heavy atom. The van der Waals surface area contributed by atoms with Crippen LogP contribution >= 0.6 is 0 Å². The van der Waals surface area contributed by atoms with Gasteiger partial charge < -0.3 is 9.47 Å². The number of rotatable bonds is 7. The quantitative estimate of drug-likeness (QED) is 0.345. The van der Waals surface area contributed by atoms with Crippen LogP contribution in [0, 0.1) is 32.5 Å². The summed E-state index contributed by atoms with van der Waals surface area (Å²) in [6.07, 6.45) is 3.65. The maximum atomic E-state index is 13.5. The standard InChI is InChI=1S/C26H27FN6O3/c1-15-22(32(13-18-5-6-18)31-24(15)19-7-9-20(27)10-8-19)11-21-12-23(29-14-28-21)33-17(3)25(16(2)30-33)36-26(34)35-4/h7-10,12,14,18H,5-6,11,13H2,1-4H3. The zero-order valence-corrected chi connectivity index (χ0v) is 20.7. The number of ether oxygens (including phenoxy) is 2. The molecule has 1 aliphatic rings. The first-order valence-corrected chi connectivity index (χ1v) is 11.8. The van der Waals surface area contributed by atoms with E-state index in [1.807, 2.05) is 13.0 Å². The zero-order valence-electron chi connectivity index (χ0n) is 20.7. The van der Waals surface area contributed by atoms with Crippen LogP contribution in [-0.4, -0.2) is 42.8 Å². The molecule has 0 bridgehead atoms. The third-order valence-electron chi connectivity index (χ3n) is 6.42. The van der Waals surface area contributed by atoms with Crippen molar-refractivity contribution in [1.29, 1.82) is 0 Å². The molecule has 9 nitrogen and oxygen atoms in total. The van der Waals surface area contributed by atoms with Gasteiger partial charge in [0.25, 0.3) is 0 Å². The Morgan fingerprint density at radius 3 is 2.56 bits per heavy atom. The van der Waals surface area contributed by atoms with Crippen LogP contribution in [0.1, 0.15) is 41.2 Å². The van der Waals surface area contributed by atoms with Crippen LogP contribution in [0.3, 0.4) is 0 Å². The first-order chi connectivity index (χ1) is 17.3. The van der Waals surface area contributed by atoms with E-state index in [-0.39, 0.29) is 5.82 Å². The summed E-state index contributed by atoms with van der Waals surface area (Å²) in [4.78, 5) is 20.5. The highest BCUT2D eigenvalue weighted by atomic mass is 19.1. The van der Waals surface area contributed by atoms with E-state index in [1.165, 1.54) is 38.4 Å². The minimum atomic E-state index is -0.805. The molecule has 3 aromatic heterocycles. The minimum absolute atomic E-state index is 0.271. The van der Waals surface area contributed by atoms with Crippen molar-refractivity contribution in [3.05, 3.63) is 70.8 Å². The topological polar surface area (TPSA) is 97.0 Å². The summed E-state index contributed by atoms with van der Waals surface area (Å²) in [6.45, 7) is 6.44. The Labute approximate surface area is 207 Å². The lowest BCUT2D eigenvalue weighted by Crippen LogP contribution is -2.10. The Kier molecular flexibility index (Phi) is 6.26. The van der Waals surface area contributed by atoms with Gasteiger partial charge in [-0.3, -0.25) is 4.68 Å². The smallest absolute Gasteiger partial charge is 0.437 e. The van der Waals surface area contributed by atoms with Crippen molar-refractivity contribution in [1.82, 2.24) is 29.5 Å². The van der Waals surface area contributed by atoms with Crippen molar-refractivity contribution in [2.24, 2.45) is 5.92 Å². The fraction of sp³-hybridized carbons (Fsp3) is 0.346. The van der Waals surface area contributed by atoms with Gasteiger partial charge in [0, 0.05) is 30.3 Å². The third kappa shape index (κ3) is 4.71. The van der Waals surface area contributed by atoms with Gasteiger partial charge in [-0.2, -0.15) is 10.2 Å². The lowest BCUT2D eigenvalue weighted by molar-refractivity contribution is 0.121. The van der Waals surface area contributed by atoms with Gasteiger partial charge in [-0.15, -0.1) is 0 Å². The number of benzene rings is 1. The zero-order chi connectivity index (χ0) is 25.4. The molecule has 1 fully saturated rings. The molecule has 0 amide bonds. The molecule has 0 saturated heterocycles. The minimum Gasteiger partial charge on any atom is -0.437 e. The van der Waals surface area contributed by atoms with Gasteiger partial charge in [-0.1, -0.05) is 0 Å². The predicted molar refractivity (Wildman–Crippen MR) is 130 cm³/mol. The van der Waals surface area contributed by atoms with Crippen molar-refractivity contribution in [3.8, 4) is 22.8 Å². The molecular weight excluding hydrogens is 463 g/mol. The number of methoxy groups -OCH3 is 1. The highest BCUT2D eigenvalue weighted by molar-refractivity contribution is 5.65. The van der Waals surface area contributed by atoms with Crippen LogP contribution in [0.15, 0.2) is 36.7 Å². The van der Waals surface area contributed by atoms with Gasteiger partial charge in [0.15, 0.2) is 11.6 Å². The molecule has 0 N–H and O–H groups in total. The van der Waals surface area contributed by atoms with Gasteiger partial charge in [0.2, 0.25) is 0 Å². The average molecular weight is 491 g/mol. The molecule has 0 spiro atoms. The van der Waals surface area contributed by atoms with Gasteiger partial charge in [-0.25, -0.2) is 23.8 Å². The fourth-order valence-corrected chi connectivity index (χ4v) is 4.28. The maximum Gasteiger partial charge on any atom is 0.513 e. The second kappa shape index (κ2) is 9.52. The highest BCUT2D eigenvalue weighted by Gasteiger charge is 2.26. The van der Waals surface area contributed by atoms with Crippen molar-refractivity contribution in [2.45, 2.75) is 46.6 Å². The van der Waals surface area contributed by atoms with Crippen molar-refractivity contribution in [3.63, 3.8) is 0 Å². The monoisotopic (exact) mass is 490 g/mol. The normalized spacial score (nSPS) is 13.1. The van der Waals surface area contributed by atoms with Gasteiger partial charge >= 0.3 is 6.16 Å². The van der Waals surface area contributed by atoms with Crippen LogP contribution in [0.4, 0.5) is 9.18 Å². The number of aryl methyl sites for hydroxylation is 1. The summed E-state index contributed by atoms with van der Waals surface area (Å²) in [5.41, 5.74) is 5.80. The largest absolute Gasteiger partial charge is 0.513 e. The van der Waals surface area contributed by atoms with E-state index in [2.05, 4.69) is 24.5 Å². The number of hydrogen-bond acceptors (Lipinski definition) is 7. The van der Waals surface area contributed by atoms with E-state index in [1.54, 1.807) is 30.7 Å².